The van der Waals surface area contributed by atoms with Crippen LogP contribution in [0, 0.1) is 0 Å². The number of benzene rings is 1. The Kier molecular flexibility index (Phi) is 8.24. The number of rotatable bonds is 8. The zero-order chi connectivity index (χ0) is 17.8. The molecule has 2 rings (SSSR count). The van der Waals surface area contributed by atoms with E-state index in [1.807, 2.05) is 0 Å². The van der Waals surface area contributed by atoms with Crippen molar-refractivity contribution >= 4 is 34.0 Å². The number of hydrogen-bond donors (Lipinski definition) is 2. The van der Waals surface area contributed by atoms with Gasteiger partial charge in [0.1, 0.15) is 4.90 Å². The van der Waals surface area contributed by atoms with E-state index in [0.29, 0.717) is 18.1 Å². The van der Waals surface area contributed by atoms with E-state index in [-0.39, 0.29) is 28.9 Å². The first-order chi connectivity index (χ1) is 11.4. The van der Waals surface area contributed by atoms with Crippen LogP contribution in [0.2, 0.25) is 5.02 Å². The highest BCUT2D eigenvalue weighted by Crippen LogP contribution is 2.35. The summed E-state index contributed by atoms with van der Waals surface area (Å²) >= 11 is 6.12. The summed E-state index contributed by atoms with van der Waals surface area (Å²) < 4.78 is 43.5. The standard InChI is InChI=1S/C15H23ClN2O5S.ClH/c1-21-10-15(5-4-6-17-15)9-18-24(19,20)14-8-13(23-3)12(22-2)7-11(14)16;/h7-8,17-18H,4-6,9-10H2,1-3H3;1H. The third kappa shape index (κ3) is 5.12. The Morgan fingerprint density at radius 1 is 1.24 bits per heavy atom. The highest BCUT2D eigenvalue weighted by molar-refractivity contribution is 7.89. The first-order valence-corrected chi connectivity index (χ1v) is 9.39. The molecule has 1 aromatic carbocycles. The van der Waals surface area contributed by atoms with Crippen LogP contribution < -0.4 is 19.5 Å². The van der Waals surface area contributed by atoms with Gasteiger partial charge in [0.15, 0.2) is 11.5 Å². The average molecular weight is 415 g/mol. The molecule has 1 aromatic rings. The van der Waals surface area contributed by atoms with E-state index in [0.717, 1.165) is 19.4 Å². The van der Waals surface area contributed by atoms with Crippen LogP contribution in [0.1, 0.15) is 12.8 Å². The predicted octanol–water partition coefficient (Wildman–Crippen LogP) is 1.83. The summed E-state index contributed by atoms with van der Waals surface area (Å²) in [5, 5.41) is 3.39. The van der Waals surface area contributed by atoms with Gasteiger partial charge in [0, 0.05) is 25.8 Å². The van der Waals surface area contributed by atoms with Crippen molar-refractivity contribution < 1.29 is 22.6 Å². The molecule has 1 saturated heterocycles. The summed E-state index contributed by atoms with van der Waals surface area (Å²) in [4.78, 5) is -0.0487. The summed E-state index contributed by atoms with van der Waals surface area (Å²) in [6.07, 6.45) is 1.81. The minimum Gasteiger partial charge on any atom is -0.493 e. The number of sulfonamides is 1. The van der Waals surface area contributed by atoms with Gasteiger partial charge in [-0.3, -0.25) is 0 Å². The number of halogens is 2. The lowest BCUT2D eigenvalue weighted by Gasteiger charge is -2.29. The van der Waals surface area contributed by atoms with Crippen LogP contribution in [0.25, 0.3) is 0 Å². The summed E-state index contributed by atoms with van der Waals surface area (Å²) in [6.45, 7) is 1.48. The lowest BCUT2D eigenvalue weighted by Crippen LogP contribution is -2.52. The quantitative estimate of drug-likeness (QED) is 0.674. The summed E-state index contributed by atoms with van der Waals surface area (Å²) in [5.74, 6) is 0.669. The third-order valence-electron chi connectivity index (χ3n) is 4.08. The van der Waals surface area contributed by atoms with Gasteiger partial charge >= 0.3 is 0 Å². The van der Waals surface area contributed by atoms with Crippen molar-refractivity contribution in [3.8, 4) is 11.5 Å². The molecule has 1 aliphatic heterocycles. The Morgan fingerprint density at radius 2 is 1.88 bits per heavy atom. The number of ether oxygens (including phenoxy) is 3. The topological polar surface area (TPSA) is 85.9 Å². The second-order valence-corrected chi connectivity index (χ2v) is 7.85. The highest BCUT2D eigenvalue weighted by atomic mass is 35.5. The van der Waals surface area contributed by atoms with Gasteiger partial charge in [0.2, 0.25) is 10.0 Å². The first-order valence-electron chi connectivity index (χ1n) is 7.52. The van der Waals surface area contributed by atoms with E-state index < -0.39 is 15.6 Å². The van der Waals surface area contributed by atoms with Crippen LogP contribution in [0.4, 0.5) is 0 Å². The Hall–Kier alpha value is -0.770. The third-order valence-corrected chi connectivity index (χ3v) is 5.95. The first kappa shape index (κ1) is 22.3. The van der Waals surface area contributed by atoms with E-state index >= 15 is 0 Å². The van der Waals surface area contributed by atoms with Gasteiger partial charge in [-0.15, -0.1) is 12.4 Å². The summed E-state index contributed by atoms with van der Waals surface area (Å²) in [6, 6.07) is 2.78. The molecular weight excluding hydrogens is 391 g/mol. The van der Waals surface area contributed by atoms with Crippen molar-refractivity contribution in [2.45, 2.75) is 23.3 Å². The highest BCUT2D eigenvalue weighted by Gasteiger charge is 2.35. The normalized spacial score (nSPS) is 20.2. The maximum Gasteiger partial charge on any atom is 0.242 e. The van der Waals surface area contributed by atoms with Gasteiger partial charge in [0.25, 0.3) is 0 Å². The van der Waals surface area contributed by atoms with Crippen molar-refractivity contribution in [2.24, 2.45) is 0 Å². The molecule has 144 valence electrons. The predicted molar refractivity (Wildman–Crippen MR) is 98.8 cm³/mol. The van der Waals surface area contributed by atoms with Gasteiger partial charge in [-0.1, -0.05) is 11.6 Å². The average Bonchev–Trinajstić information content (AvgIpc) is 3.02. The monoisotopic (exact) mass is 414 g/mol. The van der Waals surface area contributed by atoms with Crippen LogP contribution in [0.5, 0.6) is 11.5 Å². The fraction of sp³-hybridized carbons (Fsp3) is 0.600. The van der Waals surface area contributed by atoms with Crippen molar-refractivity contribution in [3.63, 3.8) is 0 Å². The fourth-order valence-corrected chi connectivity index (χ4v) is 4.48. The SMILES string of the molecule is COCC1(CNS(=O)(=O)c2cc(OC)c(OC)cc2Cl)CCCN1.Cl. The molecule has 0 amide bonds. The molecule has 10 heteroatoms. The van der Waals surface area contributed by atoms with Gasteiger partial charge in [-0.25, -0.2) is 13.1 Å². The van der Waals surface area contributed by atoms with E-state index in [1.54, 1.807) is 7.11 Å². The largest absolute Gasteiger partial charge is 0.493 e. The molecule has 25 heavy (non-hydrogen) atoms. The molecule has 1 unspecified atom stereocenters. The zero-order valence-corrected chi connectivity index (χ0v) is 16.8. The summed E-state index contributed by atoms with van der Waals surface area (Å²) in [5.41, 5.74) is -0.398. The molecule has 7 nitrogen and oxygen atoms in total. The fourth-order valence-electron chi connectivity index (χ4n) is 2.82. The van der Waals surface area contributed by atoms with Gasteiger partial charge in [0.05, 0.1) is 31.4 Å². The minimum absolute atomic E-state index is 0. The number of hydrogen-bond acceptors (Lipinski definition) is 6. The maximum atomic E-state index is 12.7. The van der Waals surface area contributed by atoms with E-state index in [4.69, 9.17) is 25.8 Å². The smallest absolute Gasteiger partial charge is 0.242 e. The lowest BCUT2D eigenvalue weighted by atomic mass is 9.99. The minimum atomic E-state index is -3.81. The maximum absolute atomic E-state index is 12.7. The Morgan fingerprint density at radius 3 is 2.40 bits per heavy atom. The zero-order valence-electron chi connectivity index (χ0n) is 14.4. The molecule has 1 aliphatic rings. The van der Waals surface area contributed by atoms with Crippen LogP contribution >= 0.6 is 24.0 Å². The molecule has 0 spiro atoms. The molecule has 0 aromatic heterocycles. The molecule has 0 aliphatic carbocycles. The van der Waals surface area contributed by atoms with E-state index in [9.17, 15) is 8.42 Å². The molecule has 0 bridgehead atoms. The van der Waals surface area contributed by atoms with Crippen LogP contribution in [-0.2, 0) is 14.8 Å². The molecule has 0 radical (unpaired) electrons. The van der Waals surface area contributed by atoms with Crippen LogP contribution in [0.15, 0.2) is 17.0 Å². The summed E-state index contributed by atoms with van der Waals surface area (Å²) in [7, 11) is 0.689. The number of methoxy groups -OCH3 is 3. The van der Waals surface area contributed by atoms with Crippen molar-refractivity contribution in [3.05, 3.63) is 17.2 Å². The molecule has 1 atom stereocenters. The second-order valence-electron chi connectivity index (χ2n) is 5.71. The second kappa shape index (κ2) is 9.25. The van der Waals surface area contributed by atoms with Crippen molar-refractivity contribution in [1.82, 2.24) is 10.0 Å². The van der Waals surface area contributed by atoms with Crippen LogP contribution in [-0.4, -0.2) is 55.0 Å². The Labute approximate surface area is 159 Å². The molecule has 2 N–H and O–H groups in total. The Bertz CT molecular complexity index is 679. The van der Waals surface area contributed by atoms with Crippen molar-refractivity contribution in [1.29, 1.82) is 0 Å². The lowest BCUT2D eigenvalue weighted by molar-refractivity contribution is 0.122. The molecular formula is C15H24Cl2N2O5S. The molecule has 0 saturated carbocycles. The van der Waals surface area contributed by atoms with Gasteiger partial charge < -0.3 is 19.5 Å². The van der Waals surface area contributed by atoms with Crippen LogP contribution in [0.3, 0.4) is 0 Å². The number of nitrogens with one attached hydrogen (secondary N) is 2. The molecule has 1 heterocycles. The Balaban J connectivity index is 0.00000312. The van der Waals surface area contributed by atoms with Crippen molar-refractivity contribution in [2.75, 3.05) is 41.0 Å². The molecule has 1 fully saturated rings. The van der Waals surface area contributed by atoms with E-state index in [2.05, 4.69) is 10.0 Å². The van der Waals surface area contributed by atoms with E-state index in [1.165, 1.54) is 26.4 Å². The van der Waals surface area contributed by atoms with Gasteiger partial charge in [-0.05, 0) is 19.4 Å². The van der Waals surface area contributed by atoms with Gasteiger partial charge in [-0.2, -0.15) is 0 Å².